The molecule has 0 radical (unpaired) electrons. The Labute approximate surface area is 114 Å². The van der Waals surface area contributed by atoms with Gasteiger partial charge in [0.15, 0.2) is 0 Å². The molecule has 2 rings (SSSR count). The zero-order valence-corrected chi connectivity index (χ0v) is 11.8. The minimum Gasteiger partial charge on any atom is -0.338 e. The van der Waals surface area contributed by atoms with Gasteiger partial charge in [0.05, 0.1) is 11.9 Å². The van der Waals surface area contributed by atoms with Crippen LogP contribution in [0.5, 0.6) is 0 Å². The van der Waals surface area contributed by atoms with E-state index in [1.54, 1.807) is 4.68 Å². The van der Waals surface area contributed by atoms with Crippen LogP contribution in [0.4, 0.5) is 0 Å². The highest BCUT2D eigenvalue weighted by Gasteiger charge is 2.25. The average Bonchev–Trinajstić information content (AvgIpc) is 2.86. The molecule has 1 saturated heterocycles. The predicted octanol–water partition coefficient (Wildman–Crippen LogP) is 0.789. The van der Waals surface area contributed by atoms with Crippen LogP contribution in [0.2, 0.25) is 0 Å². The van der Waals surface area contributed by atoms with Crippen molar-refractivity contribution in [3.63, 3.8) is 0 Å². The van der Waals surface area contributed by atoms with Crippen LogP contribution >= 0.6 is 0 Å². The first-order chi connectivity index (χ1) is 9.24. The third kappa shape index (κ3) is 3.53. The van der Waals surface area contributed by atoms with Crippen molar-refractivity contribution in [3.8, 4) is 0 Å². The summed E-state index contributed by atoms with van der Waals surface area (Å²) in [6.07, 6.45) is 6.35. The van der Waals surface area contributed by atoms with E-state index in [-0.39, 0.29) is 5.91 Å². The number of rotatable bonds is 5. The highest BCUT2D eigenvalue weighted by molar-refractivity contribution is 5.76. The number of aromatic nitrogens is 3. The minimum atomic E-state index is 0.160. The van der Waals surface area contributed by atoms with Crippen LogP contribution in [0.25, 0.3) is 0 Å². The molecule has 1 atom stereocenters. The summed E-state index contributed by atoms with van der Waals surface area (Å²) in [5.74, 6) is 0.160. The molecule has 106 valence electrons. The van der Waals surface area contributed by atoms with Crippen LogP contribution < -0.4 is 5.32 Å². The lowest BCUT2D eigenvalue weighted by molar-refractivity contribution is -0.135. The molecule has 2 heterocycles. The van der Waals surface area contributed by atoms with E-state index in [4.69, 9.17) is 0 Å². The second-order valence-electron chi connectivity index (χ2n) is 5.08. The van der Waals surface area contributed by atoms with Crippen LogP contribution in [0.1, 0.15) is 38.3 Å². The molecule has 6 heteroatoms. The first-order valence-corrected chi connectivity index (χ1v) is 7.07. The van der Waals surface area contributed by atoms with Crippen molar-refractivity contribution in [1.29, 1.82) is 0 Å². The van der Waals surface area contributed by atoms with Crippen LogP contribution in [-0.4, -0.2) is 45.4 Å². The lowest BCUT2D eigenvalue weighted by Crippen LogP contribution is -2.44. The average molecular weight is 265 g/mol. The van der Waals surface area contributed by atoms with E-state index in [1.165, 1.54) is 6.42 Å². The standard InChI is InChI=1S/C13H23N5O/c1-3-12-6-4-5-7-18(12)13(19)10-17-9-11(8-14-2)15-16-17/h9,12,14H,3-8,10H2,1-2H3. The molecule has 1 unspecified atom stereocenters. The number of nitrogens with one attached hydrogen (secondary N) is 1. The van der Waals surface area contributed by atoms with Crippen molar-refractivity contribution in [1.82, 2.24) is 25.2 Å². The minimum absolute atomic E-state index is 0.160. The maximum atomic E-state index is 12.3. The SMILES string of the molecule is CCC1CCCCN1C(=O)Cn1cc(CNC)nn1. The second-order valence-corrected chi connectivity index (χ2v) is 5.08. The molecule has 1 aliphatic heterocycles. The highest BCUT2D eigenvalue weighted by atomic mass is 16.2. The van der Waals surface area contributed by atoms with Gasteiger partial charge >= 0.3 is 0 Å². The van der Waals surface area contributed by atoms with Crippen LogP contribution in [0, 0.1) is 0 Å². The van der Waals surface area contributed by atoms with Gasteiger partial charge in [0.2, 0.25) is 5.91 Å². The van der Waals surface area contributed by atoms with Gasteiger partial charge in [0, 0.05) is 19.1 Å². The molecule has 0 bridgehead atoms. The van der Waals surface area contributed by atoms with E-state index in [2.05, 4.69) is 22.6 Å². The quantitative estimate of drug-likeness (QED) is 0.855. The number of amides is 1. The van der Waals surface area contributed by atoms with E-state index in [0.29, 0.717) is 19.1 Å². The Morgan fingerprint density at radius 1 is 1.53 bits per heavy atom. The molecule has 6 nitrogen and oxygen atoms in total. The van der Waals surface area contributed by atoms with Gasteiger partial charge in [-0.1, -0.05) is 12.1 Å². The summed E-state index contributed by atoms with van der Waals surface area (Å²) in [4.78, 5) is 14.3. The molecule has 0 saturated carbocycles. The van der Waals surface area contributed by atoms with E-state index in [9.17, 15) is 4.79 Å². The smallest absolute Gasteiger partial charge is 0.244 e. The van der Waals surface area contributed by atoms with E-state index in [1.807, 2.05) is 18.1 Å². The fourth-order valence-corrected chi connectivity index (χ4v) is 2.66. The van der Waals surface area contributed by atoms with E-state index in [0.717, 1.165) is 31.5 Å². The van der Waals surface area contributed by atoms with Gasteiger partial charge in [-0.2, -0.15) is 0 Å². The Bertz CT molecular complexity index is 417. The molecular formula is C13H23N5O. The van der Waals surface area contributed by atoms with E-state index < -0.39 is 0 Å². The summed E-state index contributed by atoms with van der Waals surface area (Å²) in [7, 11) is 1.86. The summed E-state index contributed by atoms with van der Waals surface area (Å²) in [6, 6.07) is 0.404. The second kappa shape index (κ2) is 6.65. The molecule has 0 aliphatic carbocycles. The van der Waals surface area contributed by atoms with Gasteiger partial charge in [0.25, 0.3) is 0 Å². The third-order valence-electron chi connectivity index (χ3n) is 3.66. The molecule has 1 N–H and O–H groups in total. The number of piperidine rings is 1. The molecule has 1 aromatic rings. The summed E-state index contributed by atoms with van der Waals surface area (Å²) >= 11 is 0. The monoisotopic (exact) mass is 265 g/mol. The molecule has 0 aromatic carbocycles. The van der Waals surface area contributed by atoms with Crippen molar-refractivity contribution in [2.24, 2.45) is 0 Å². The molecule has 1 aliphatic rings. The maximum absolute atomic E-state index is 12.3. The summed E-state index contributed by atoms with van der Waals surface area (Å²) < 4.78 is 1.64. The summed E-state index contributed by atoms with van der Waals surface area (Å²) in [5.41, 5.74) is 0.862. The Morgan fingerprint density at radius 2 is 2.37 bits per heavy atom. The largest absolute Gasteiger partial charge is 0.338 e. The lowest BCUT2D eigenvalue weighted by atomic mass is 10.00. The van der Waals surface area contributed by atoms with Crippen molar-refractivity contribution < 1.29 is 4.79 Å². The van der Waals surface area contributed by atoms with E-state index >= 15 is 0 Å². The van der Waals surface area contributed by atoms with Gasteiger partial charge < -0.3 is 10.2 Å². The Morgan fingerprint density at radius 3 is 3.11 bits per heavy atom. The molecule has 1 fully saturated rings. The molecule has 0 spiro atoms. The number of likely N-dealkylation sites (tertiary alicyclic amines) is 1. The molecule has 1 amide bonds. The summed E-state index contributed by atoms with van der Waals surface area (Å²) in [5, 5.41) is 11.0. The van der Waals surface area contributed by atoms with Gasteiger partial charge in [-0.15, -0.1) is 5.10 Å². The number of carbonyl (C=O) groups is 1. The van der Waals surface area contributed by atoms with Crippen molar-refractivity contribution in [2.75, 3.05) is 13.6 Å². The highest BCUT2D eigenvalue weighted by Crippen LogP contribution is 2.19. The fraction of sp³-hybridized carbons (Fsp3) is 0.769. The Hall–Kier alpha value is -1.43. The topological polar surface area (TPSA) is 63.1 Å². The third-order valence-corrected chi connectivity index (χ3v) is 3.66. The summed E-state index contributed by atoms with van der Waals surface area (Å²) in [6.45, 7) is 4.01. The lowest BCUT2D eigenvalue weighted by Gasteiger charge is -2.35. The van der Waals surface area contributed by atoms with Gasteiger partial charge in [-0.05, 0) is 32.7 Å². The normalized spacial score (nSPS) is 19.7. The van der Waals surface area contributed by atoms with Gasteiger partial charge in [-0.3, -0.25) is 4.79 Å². The van der Waals surface area contributed by atoms with Crippen LogP contribution in [0.15, 0.2) is 6.20 Å². The fourth-order valence-electron chi connectivity index (χ4n) is 2.66. The zero-order valence-electron chi connectivity index (χ0n) is 11.8. The first-order valence-electron chi connectivity index (χ1n) is 7.07. The Balaban J connectivity index is 1.95. The molecule has 1 aromatic heterocycles. The van der Waals surface area contributed by atoms with Crippen molar-refractivity contribution in [3.05, 3.63) is 11.9 Å². The number of hydrogen-bond donors (Lipinski definition) is 1. The molecular weight excluding hydrogens is 242 g/mol. The van der Waals surface area contributed by atoms with Gasteiger partial charge in [-0.25, -0.2) is 4.68 Å². The zero-order chi connectivity index (χ0) is 13.7. The van der Waals surface area contributed by atoms with Crippen LogP contribution in [0.3, 0.4) is 0 Å². The number of hydrogen-bond acceptors (Lipinski definition) is 4. The van der Waals surface area contributed by atoms with Crippen LogP contribution in [-0.2, 0) is 17.9 Å². The molecule has 19 heavy (non-hydrogen) atoms. The first kappa shape index (κ1) is 14.0. The van der Waals surface area contributed by atoms with Crippen molar-refractivity contribution >= 4 is 5.91 Å². The number of nitrogens with zero attached hydrogens (tertiary/aromatic N) is 4. The van der Waals surface area contributed by atoms with Gasteiger partial charge in [0.1, 0.15) is 6.54 Å². The van der Waals surface area contributed by atoms with Crippen molar-refractivity contribution in [2.45, 2.75) is 51.7 Å². The number of carbonyl (C=O) groups excluding carboxylic acids is 1. The Kier molecular flexibility index (Phi) is 4.90. The predicted molar refractivity (Wildman–Crippen MR) is 72.4 cm³/mol. The maximum Gasteiger partial charge on any atom is 0.244 e.